The number of ether oxygens (including phenoxy) is 1. The molecule has 3 aromatic rings. The van der Waals surface area contributed by atoms with Crippen molar-refractivity contribution < 1.29 is 23.6 Å². The molecule has 0 saturated heterocycles. The van der Waals surface area contributed by atoms with E-state index in [1.165, 1.54) is 56.5 Å². The Balaban J connectivity index is 1.96. The molecule has 3 rings (SSSR count). The first-order chi connectivity index (χ1) is 13.8. The molecule has 0 atom stereocenters. The number of nitrogens with zero attached hydrogens (tertiary/aromatic N) is 1. The minimum Gasteiger partial charge on any atom is -0.465 e. The number of nitro groups is 1. The first-order valence-electron chi connectivity index (χ1n) is 8.34. The number of rotatable bonds is 5. The summed E-state index contributed by atoms with van der Waals surface area (Å²) in [6.45, 7) is 1.53. The fourth-order valence-electron chi connectivity index (χ4n) is 2.77. The van der Waals surface area contributed by atoms with Gasteiger partial charge in [-0.15, -0.1) is 11.3 Å². The van der Waals surface area contributed by atoms with Crippen LogP contribution in [0.4, 0.5) is 15.1 Å². The third kappa shape index (κ3) is 4.14. The smallest absolute Gasteiger partial charge is 0.341 e. The van der Waals surface area contributed by atoms with E-state index in [4.69, 9.17) is 4.74 Å². The Bertz CT molecular complexity index is 1110. The highest BCUT2D eigenvalue weighted by Gasteiger charge is 2.23. The van der Waals surface area contributed by atoms with Crippen LogP contribution in [0.1, 0.15) is 26.3 Å². The zero-order valence-electron chi connectivity index (χ0n) is 15.4. The van der Waals surface area contributed by atoms with Gasteiger partial charge < -0.3 is 10.1 Å². The Morgan fingerprint density at radius 1 is 1.17 bits per heavy atom. The lowest BCUT2D eigenvalue weighted by atomic mass is 10.0. The minimum absolute atomic E-state index is 0.0912. The number of hydrogen-bond donors (Lipinski definition) is 1. The van der Waals surface area contributed by atoms with Crippen molar-refractivity contribution in [1.29, 1.82) is 0 Å². The zero-order chi connectivity index (χ0) is 21.1. The summed E-state index contributed by atoms with van der Waals surface area (Å²) in [5.74, 6) is -1.59. The molecule has 0 fully saturated rings. The molecule has 0 bridgehead atoms. The van der Waals surface area contributed by atoms with Crippen molar-refractivity contribution in [1.82, 2.24) is 0 Å². The second-order valence-corrected chi connectivity index (χ2v) is 6.94. The monoisotopic (exact) mass is 414 g/mol. The normalized spacial score (nSPS) is 10.4. The number of anilines is 1. The maximum absolute atomic E-state index is 13.2. The summed E-state index contributed by atoms with van der Waals surface area (Å²) in [6.07, 6.45) is 0. The largest absolute Gasteiger partial charge is 0.465 e. The van der Waals surface area contributed by atoms with Gasteiger partial charge in [-0.2, -0.15) is 0 Å². The van der Waals surface area contributed by atoms with Crippen LogP contribution in [0.5, 0.6) is 0 Å². The topological polar surface area (TPSA) is 98.5 Å². The van der Waals surface area contributed by atoms with Crippen LogP contribution in [0.3, 0.4) is 0 Å². The summed E-state index contributed by atoms with van der Waals surface area (Å²) < 4.78 is 18.1. The Kier molecular flexibility index (Phi) is 5.69. The Hall–Kier alpha value is -3.59. The van der Waals surface area contributed by atoms with Crippen LogP contribution in [-0.2, 0) is 4.74 Å². The molecule has 7 nitrogen and oxygen atoms in total. The fourth-order valence-corrected chi connectivity index (χ4v) is 3.73. The van der Waals surface area contributed by atoms with E-state index < -0.39 is 22.6 Å². The number of carbonyl (C=O) groups excluding carboxylic acids is 2. The Morgan fingerprint density at radius 3 is 2.45 bits per heavy atom. The zero-order valence-corrected chi connectivity index (χ0v) is 16.2. The molecule has 0 aliphatic rings. The van der Waals surface area contributed by atoms with Crippen molar-refractivity contribution in [3.63, 3.8) is 0 Å². The average Bonchev–Trinajstić information content (AvgIpc) is 3.11. The van der Waals surface area contributed by atoms with Gasteiger partial charge in [0.15, 0.2) is 0 Å². The van der Waals surface area contributed by atoms with Gasteiger partial charge in [-0.3, -0.25) is 14.9 Å². The second kappa shape index (κ2) is 8.19. The number of nitro benzene ring substituents is 1. The summed E-state index contributed by atoms with van der Waals surface area (Å²) in [5.41, 5.74) is 1.70. The van der Waals surface area contributed by atoms with Gasteiger partial charge in [-0.1, -0.05) is 12.1 Å². The fraction of sp³-hybridized carbons (Fsp3) is 0.100. The van der Waals surface area contributed by atoms with Gasteiger partial charge in [-0.25, -0.2) is 9.18 Å². The standard InChI is InChI=1S/C20H15FN2O5S/c1-11-9-13(5-8-16(11)23(26)27)18(24)22-19-17(20(25)28-2)15(10-29-19)12-3-6-14(21)7-4-12/h3-10H,1-2H3,(H,22,24). The Labute approximate surface area is 168 Å². The van der Waals surface area contributed by atoms with Gasteiger partial charge in [0, 0.05) is 28.1 Å². The van der Waals surface area contributed by atoms with Crippen LogP contribution in [0.15, 0.2) is 47.8 Å². The molecule has 9 heteroatoms. The van der Waals surface area contributed by atoms with Crippen LogP contribution in [-0.4, -0.2) is 23.9 Å². The van der Waals surface area contributed by atoms with Crippen LogP contribution in [0.25, 0.3) is 11.1 Å². The molecular formula is C20H15FN2O5S. The van der Waals surface area contributed by atoms with E-state index in [1.807, 2.05) is 0 Å². The van der Waals surface area contributed by atoms with E-state index in [1.54, 1.807) is 5.38 Å². The Morgan fingerprint density at radius 2 is 1.86 bits per heavy atom. The molecule has 148 valence electrons. The predicted molar refractivity (Wildman–Crippen MR) is 107 cm³/mol. The molecule has 0 aliphatic heterocycles. The minimum atomic E-state index is -0.652. The molecule has 1 heterocycles. The van der Waals surface area contributed by atoms with Crippen LogP contribution < -0.4 is 5.32 Å². The molecule has 0 spiro atoms. The first kappa shape index (κ1) is 20.2. The van der Waals surface area contributed by atoms with Crippen molar-refractivity contribution >= 4 is 33.9 Å². The lowest BCUT2D eigenvalue weighted by Crippen LogP contribution is -2.14. The average molecular weight is 414 g/mol. The molecule has 0 saturated carbocycles. The van der Waals surface area contributed by atoms with E-state index in [-0.39, 0.29) is 21.8 Å². The van der Waals surface area contributed by atoms with Gasteiger partial charge in [0.05, 0.1) is 12.0 Å². The highest BCUT2D eigenvalue weighted by Crippen LogP contribution is 2.36. The number of benzene rings is 2. The number of thiophene rings is 1. The summed E-state index contributed by atoms with van der Waals surface area (Å²) in [7, 11) is 1.22. The van der Waals surface area contributed by atoms with E-state index in [0.717, 1.165) is 11.3 Å². The summed E-state index contributed by atoms with van der Waals surface area (Å²) in [4.78, 5) is 35.4. The van der Waals surface area contributed by atoms with Gasteiger partial charge in [0.2, 0.25) is 0 Å². The highest BCUT2D eigenvalue weighted by atomic mass is 32.1. The number of halogens is 1. The number of hydrogen-bond acceptors (Lipinski definition) is 6. The molecule has 1 aromatic heterocycles. The molecule has 1 N–H and O–H groups in total. The molecule has 2 aromatic carbocycles. The van der Waals surface area contributed by atoms with Crippen LogP contribution >= 0.6 is 11.3 Å². The van der Waals surface area contributed by atoms with E-state index in [9.17, 15) is 24.1 Å². The SMILES string of the molecule is COC(=O)c1c(-c2ccc(F)cc2)csc1NC(=O)c1ccc([N+](=O)[O-])c(C)c1. The second-order valence-electron chi connectivity index (χ2n) is 6.06. The van der Waals surface area contributed by atoms with Gasteiger partial charge in [-0.05, 0) is 36.8 Å². The van der Waals surface area contributed by atoms with Crippen molar-refractivity contribution in [3.05, 3.63) is 80.5 Å². The molecule has 0 aliphatic carbocycles. The number of nitrogens with one attached hydrogen (secondary N) is 1. The van der Waals surface area contributed by atoms with Gasteiger partial charge in [0.25, 0.3) is 11.6 Å². The lowest BCUT2D eigenvalue weighted by Gasteiger charge is -2.08. The third-order valence-corrected chi connectivity index (χ3v) is 5.11. The maximum atomic E-state index is 13.2. The summed E-state index contributed by atoms with van der Waals surface area (Å²) >= 11 is 1.12. The number of amides is 1. The summed E-state index contributed by atoms with van der Waals surface area (Å²) in [6, 6.07) is 9.58. The van der Waals surface area contributed by atoms with Gasteiger partial charge >= 0.3 is 5.97 Å². The lowest BCUT2D eigenvalue weighted by molar-refractivity contribution is -0.385. The molecule has 1 amide bonds. The maximum Gasteiger partial charge on any atom is 0.341 e. The van der Waals surface area contributed by atoms with Crippen molar-refractivity contribution in [2.24, 2.45) is 0 Å². The number of carbonyl (C=O) groups is 2. The van der Waals surface area contributed by atoms with Crippen LogP contribution in [0.2, 0.25) is 0 Å². The van der Waals surface area contributed by atoms with E-state index in [2.05, 4.69) is 5.32 Å². The molecule has 29 heavy (non-hydrogen) atoms. The predicted octanol–water partition coefficient (Wildman–Crippen LogP) is 4.81. The van der Waals surface area contributed by atoms with Crippen molar-refractivity contribution in [3.8, 4) is 11.1 Å². The number of aryl methyl sites for hydroxylation is 1. The van der Waals surface area contributed by atoms with Crippen LogP contribution in [0, 0.1) is 22.9 Å². The van der Waals surface area contributed by atoms with Crippen molar-refractivity contribution in [2.45, 2.75) is 6.92 Å². The number of esters is 1. The first-order valence-corrected chi connectivity index (χ1v) is 9.22. The summed E-state index contributed by atoms with van der Waals surface area (Å²) in [5, 5.41) is 15.5. The van der Waals surface area contributed by atoms with Gasteiger partial charge in [0.1, 0.15) is 16.4 Å². The van der Waals surface area contributed by atoms with Crippen molar-refractivity contribution in [2.75, 3.05) is 12.4 Å². The van der Waals surface area contributed by atoms with E-state index in [0.29, 0.717) is 16.7 Å². The highest BCUT2D eigenvalue weighted by molar-refractivity contribution is 7.15. The molecule has 0 unspecified atom stereocenters. The third-order valence-electron chi connectivity index (χ3n) is 4.22. The number of methoxy groups -OCH3 is 1. The molecule has 0 radical (unpaired) electrons. The molecular weight excluding hydrogens is 399 g/mol. The van der Waals surface area contributed by atoms with E-state index >= 15 is 0 Å². The quantitative estimate of drug-likeness (QED) is 0.367.